The van der Waals surface area contributed by atoms with Crippen LogP contribution in [-0.4, -0.2) is 36.0 Å². The van der Waals surface area contributed by atoms with Crippen LogP contribution in [0.1, 0.15) is 22.7 Å². The number of benzene rings is 3. The third kappa shape index (κ3) is 6.38. The lowest BCUT2D eigenvalue weighted by Crippen LogP contribution is -2.50. The number of hydrogen-bond acceptors (Lipinski definition) is 3. The SMILES string of the molecule is OC(CNC(c1cccc(Oc2ccccc2)c1)c1cccc(C(F)(F)C(F)(F)C(F)(F)F)c1)C(F)(F)F. The molecule has 0 aromatic heterocycles. The first-order chi connectivity index (χ1) is 17.5. The predicted octanol–water partition coefficient (Wildman–Crippen LogP) is 7.37. The van der Waals surface area contributed by atoms with Gasteiger partial charge in [-0.05, 0) is 41.5 Å². The number of rotatable bonds is 9. The summed E-state index contributed by atoms with van der Waals surface area (Å²) < 4.78 is 138. The second kappa shape index (κ2) is 10.8. The molecule has 0 saturated carbocycles. The van der Waals surface area contributed by atoms with E-state index in [1.165, 1.54) is 24.3 Å². The molecular formula is C25H19F10NO2. The van der Waals surface area contributed by atoms with E-state index in [4.69, 9.17) is 4.74 Å². The second-order valence-corrected chi connectivity index (χ2v) is 8.16. The van der Waals surface area contributed by atoms with Gasteiger partial charge in [0, 0.05) is 12.1 Å². The van der Waals surface area contributed by atoms with Crippen molar-refractivity contribution in [3.05, 3.63) is 95.6 Å². The number of ether oxygens (including phenoxy) is 1. The summed E-state index contributed by atoms with van der Waals surface area (Å²) in [6.45, 7) is -1.16. The highest BCUT2D eigenvalue weighted by Gasteiger charge is 2.73. The van der Waals surface area contributed by atoms with Crippen molar-refractivity contribution < 1.29 is 53.7 Å². The molecule has 0 spiro atoms. The van der Waals surface area contributed by atoms with Gasteiger partial charge in [-0.2, -0.15) is 43.9 Å². The van der Waals surface area contributed by atoms with Crippen molar-refractivity contribution in [1.82, 2.24) is 5.32 Å². The van der Waals surface area contributed by atoms with Crippen LogP contribution < -0.4 is 10.1 Å². The summed E-state index contributed by atoms with van der Waals surface area (Å²) in [6, 6.07) is 14.8. The Morgan fingerprint density at radius 3 is 1.82 bits per heavy atom. The van der Waals surface area contributed by atoms with Crippen LogP contribution in [0.25, 0.3) is 0 Å². The van der Waals surface area contributed by atoms with Gasteiger partial charge in [0.2, 0.25) is 0 Å². The molecule has 0 heterocycles. The van der Waals surface area contributed by atoms with Crippen LogP contribution in [0.2, 0.25) is 0 Å². The maximum Gasteiger partial charge on any atom is 0.460 e. The molecule has 38 heavy (non-hydrogen) atoms. The standard InChI is InChI=1S/C25H19F10NO2/c26-22(27,24(31,32)25(33,34)35)17-8-4-6-15(12-17)21(36-14-20(37)23(28,29)30)16-7-5-11-19(13-16)38-18-9-2-1-3-10-18/h1-13,20-21,36-37H,14H2. The minimum atomic E-state index is -6.58. The van der Waals surface area contributed by atoms with Crippen molar-refractivity contribution >= 4 is 0 Å². The van der Waals surface area contributed by atoms with Gasteiger partial charge in [-0.15, -0.1) is 0 Å². The van der Waals surface area contributed by atoms with Crippen LogP contribution in [-0.2, 0) is 5.92 Å². The largest absolute Gasteiger partial charge is 0.460 e. The van der Waals surface area contributed by atoms with Crippen molar-refractivity contribution in [2.24, 2.45) is 0 Å². The summed E-state index contributed by atoms with van der Waals surface area (Å²) in [6.07, 6.45) is -14.5. The van der Waals surface area contributed by atoms with E-state index in [0.29, 0.717) is 17.9 Å². The highest BCUT2D eigenvalue weighted by atomic mass is 19.4. The lowest BCUT2D eigenvalue weighted by atomic mass is 9.93. The molecule has 2 N–H and O–H groups in total. The van der Waals surface area contributed by atoms with E-state index in [9.17, 15) is 49.0 Å². The minimum Gasteiger partial charge on any atom is -0.457 e. The number of aliphatic hydroxyl groups is 1. The quantitative estimate of drug-likeness (QED) is 0.271. The molecule has 3 aromatic carbocycles. The lowest BCUT2D eigenvalue weighted by molar-refractivity contribution is -0.359. The molecule has 0 radical (unpaired) electrons. The van der Waals surface area contributed by atoms with Crippen LogP contribution in [0, 0.1) is 0 Å². The molecule has 2 unspecified atom stereocenters. The van der Waals surface area contributed by atoms with Crippen molar-refractivity contribution in [2.45, 2.75) is 36.3 Å². The third-order valence-electron chi connectivity index (χ3n) is 5.40. The first kappa shape index (κ1) is 29.2. The zero-order valence-electron chi connectivity index (χ0n) is 19.0. The molecule has 13 heteroatoms. The summed E-state index contributed by atoms with van der Waals surface area (Å²) in [7, 11) is 0. The normalized spacial score (nSPS) is 14.7. The molecular weight excluding hydrogens is 536 g/mol. The summed E-state index contributed by atoms with van der Waals surface area (Å²) in [5, 5.41) is 11.7. The molecule has 0 amide bonds. The van der Waals surface area contributed by atoms with Crippen molar-refractivity contribution in [2.75, 3.05) is 6.54 Å². The van der Waals surface area contributed by atoms with Crippen molar-refractivity contribution in [1.29, 1.82) is 0 Å². The first-order valence-electron chi connectivity index (χ1n) is 10.8. The molecule has 0 aliphatic heterocycles. The molecule has 3 nitrogen and oxygen atoms in total. The fourth-order valence-corrected chi connectivity index (χ4v) is 3.43. The Bertz CT molecular complexity index is 1210. The zero-order valence-corrected chi connectivity index (χ0v) is 19.0. The van der Waals surface area contributed by atoms with Gasteiger partial charge >= 0.3 is 24.2 Å². The van der Waals surface area contributed by atoms with Gasteiger partial charge in [-0.3, -0.25) is 0 Å². The Balaban J connectivity index is 2.03. The monoisotopic (exact) mass is 555 g/mol. The second-order valence-electron chi connectivity index (χ2n) is 8.16. The molecule has 0 aliphatic rings. The van der Waals surface area contributed by atoms with Gasteiger partial charge in [0.05, 0.1) is 6.04 Å². The van der Waals surface area contributed by atoms with Gasteiger partial charge < -0.3 is 15.2 Å². The van der Waals surface area contributed by atoms with Gasteiger partial charge in [0.1, 0.15) is 11.5 Å². The average Bonchev–Trinajstić information content (AvgIpc) is 2.84. The Hall–Kier alpha value is -3.32. The van der Waals surface area contributed by atoms with Gasteiger partial charge in [0.25, 0.3) is 0 Å². The fraction of sp³-hybridized carbons (Fsp3) is 0.280. The van der Waals surface area contributed by atoms with E-state index in [-0.39, 0.29) is 16.9 Å². The van der Waals surface area contributed by atoms with E-state index in [2.05, 4.69) is 5.32 Å². The predicted molar refractivity (Wildman–Crippen MR) is 116 cm³/mol. The van der Waals surface area contributed by atoms with Crippen LogP contribution >= 0.6 is 0 Å². The average molecular weight is 555 g/mol. The van der Waals surface area contributed by atoms with Gasteiger partial charge in [-0.1, -0.05) is 48.5 Å². The van der Waals surface area contributed by atoms with E-state index < -0.39 is 48.5 Å². The minimum absolute atomic E-state index is 0.0795. The number of nitrogens with one attached hydrogen (secondary N) is 1. The summed E-state index contributed by atoms with van der Waals surface area (Å²) in [5.74, 6) is -11.6. The Kier molecular flexibility index (Phi) is 8.32. The Morgan fingerprint density at radius 2 is 1.24 bits per heavy atom. The summed E-state index contributed by atoms with van der Waals surface area (Å²) >= 11 is 0. The Labute approximate surface area is 209 Å². The van der Waals surface area contributed by atoms with Gasteiger partial charge in [0.15, 0.2) is 6.10 Å². The highest BCUT2D eigenvalue weighted by molar-refractivity contribution is 5.41. The van der Waals surface area contributed by atoms with E-state index >= 15 is 0 Å². The fourth-order valence-electron chi connectivity index (χ4n) is 3.43. The molecule has 3 aromatic rings. The van der Waals surface area contributed by atoms with Gasteiger partial charge in [-0.25, -0.2) is 0 Å². The van der Waals surface area contributed by atoms with E-state index in [1.54, 1.807) is 30.3 Å². The van der Waals surface area contributed by atoms with E-state index in [0.717, 1.165) is 12.1 Å². The van der Waals surface area contributed by atoms with Crippen molar-refractivity contribution in [3.8, 4) is 11.5 Å². The van der Waals surface area contributed by atoms with E-state index in [1.807, 2.05) is 0 Å². The van der Waals surface area contributed by atoms with Crippen LogP contribution in [0.3, 0.4) is 0 Å². The lowest BCUT2D eigenvalue weighted by Gasteiger charge is -2.29. The molecule has 0 bridgehead atoms. The zero-order chi connectivity index (χ0) is 28.4. The molecule has 0 aliphatic carbocycles. The summed E-state index contributed by atoms with van der Waals surface area (Å²) in [4.78, 5) is 0. The first-order valence-corrected chi connectivity index (χ1v) is 10.8. The maximum atomic E-state index is 14.4. The smallest absolute Gasteiger partial charge is 0.457 e. The van der Waals surface area contributed by atoms with Crippen molar-refractivity contribution in [3.63, 3.8) is 0 Å². The number of halogens is 10. The molecule has 2 atom stereocenters. The maximum absolute atomic E-state index is 14.4. The highest BCUT2D eigenvalue weighted by Crippen LogP contribution is 2.52. The Morgan fingerprint density at radius 1 is 0.684 bits per heavy atom. The number of aliphatic hydroxyl groups excluding tert-OH is 1. The van der Waals surface area contributed by atoms with Crippen LogP contribution in [0.15, 0.2) is 78.9 Å². The number of para-hydroxylation sites is 1. The molecule has 206 valence electrons. The number of hydrogen-bond donors (Lipinski definition) is 2. The molecule has 3 rings (SSSR count). The molecule has 0 fully saturated rings. The third-order valence-corrected chi connectivity index (χ3v) is 5.40. The number of alkyl halides is 10. The summed E-state index contributed by atoms with van der Waals surface area (Å²) in [5.41, 5.74) is -2.00. The van der Waals surface area contributed by atoms with Crippen LogP contribution in [0.5, 0.6) is 11.5 Å². The topological polar surface area (TPSA) is 41.5 Å². The van der Waals surface area contributed by atoms with Crippen LogP contribution in [0.4, 0.5) is 43.9 Å². The molecule has 0 saturated heterocycles.